The van der Waals surface area contributed by atoms with E-state index >= 15 is 0 Å². The molecule has 0 aliphatic carbocycles. The molecule has 0 bridgehead atoms. The minimum absolute atomic E-state index is 0.0390. The van der Waals surface area contributed by atoms with Gasteiger partial charge in [0.2, 0.25) is 11.8 Å². The van der Waals surface area contributed by atoms with Crippen LogP contribution in [0.2, 0.25) is 10.0 Å². The van der Waals surface area contributed by atoms with Crippen molar-refractivity contribution in [2.45, 2.75) is 56.6 Å². The van der Waals surface area contributed by atoms with Gasteiger partial charge in [-0.15, -0.1) is 0 Å². The van der Waals surface area contributed by atoms with E-state index in [-0.39, 0.29) is 27.7 Å². The molecule has 4 atom stereocenters. The first-order valence-electron chi connectivity index (χ1n) is 15.2. The van der Waals surface area contributed by atoms with Crippen molar-refractivity contribution in [2.24, 2.45) is 5.92 Å². The van der Waals surface area contributed by atoms with E-state index < -0.39 is 72.4 Å². The topological polar surface area (TPSA) is 159 Å². The number of alkyl halides is 5. The van der Waals surface area contributed by atoms with Crippen LogP contribution >= 0.6 is 23.2 Å². The Bertz CT molecular complexity index is 1680. The molecule has 0 aliphatic heterocycles. The third kappa shape index (κ3) is 11.5. The summed E-state index contributed by atoms with van der Waals surface area (Å²) in [5.41, 5.74) is 0.505. The molecule has 18 heteroatoms. The first-order chi connectivity index (χ1) is 23.8. The summed E-state index contributed by atoms with van der Waals surface area (Å²) in [6.07, 6.45) is -6.83. The first-order valence-corrected chi connectivity index (χ1v) is 15.9. The van der Waals surface area contributed by atoms with Crippen LogP contribution in [0.1, 0.15) is 41.5 Å². The lowest BCUT2D eigenvalue weighted by Crippen LogP contribution is -2.61. The molecular weight excluding hydrogens is 728 g/mol. The maximum atomic E-state index is 15.0. The quantitative estimate of drug-likeness (QED) is 0.144. The van der Waals surface area contributed by atoms with E-state index in [1.165, 1.54) is 69.6 Å². The molecule has 11 nitrogen and oxygen atoms in total. The number of halogens is 7. The van der Waals surface area contributed by atoms with Gasteiger partial charge in [-0.25, -0.2) is 0 Å². The fraction of sp³-hybridized carbons (Fsp3) is 0.364. The molecule has 0 saturated carbocycles. The number of nitrogens with one attached hydrogen (secondary N) is 4. The Balaban J connectivity index is 1.96. The van der Waals surface area contributed by atoms with Gasteiger partial charge >= 0.3 is 12.1 Å². The molecular formula is C33H34Cl2F5N5O6. The van der Waals surface area contributed by atoms with Crippen molar-refractivity contribution in [1.29, 1.82) is 0 Å². The van der Waals surface area contributed by atoms with Crippen LogP contribution in [-0.2, 0) is 20.8 Å². The molecule has 2 aromatic carbocycles. The molecule has 3 rings (SSSR count). The maximum absolute atomic E-state index is 15.0. The van der Waals surface area contributed by atoms with Gasteiger partial charge in [-0.05, 0) is 53.4 Å². The number of methoxy groups -OCH3 is 1. The van der Waals surface area contributed by atoms with Crippen LogP contribution in [0.5, 0.6) is 5.75 Å². The minimum Gasteiger partial charge on any atom is -0.497 e. The van der Waals surface area contributed by atoms with Gasteiger partial charge in [0.1, 0.15) is 36.2 Å². The summed E-state index contributed by atoms with van der Waals surface area (Å²) in [6, 6.07) is 9.64. The molecule has 4 amide bonds. The average Bonchev–Trinajstić information content (AvgIpc) is 3.09. The summed E-state index contributed by atoms with van der Waals surface area (Å²) >= 11 is 12.2. The third-order valence-electron chi connectivity index (χ3n) is 7.43. The van der Waals surface area contributed by atoms with E-state index in [1.807, 2.05) is 0 Å². The van der Waals surface area contributed by atoms with Crippen LogP contribution in [0.25, 0.3) is 0 Å². The molecule has 0 radical (unpaired) electrons. The highest BCUT2D eigenvalue weighted by Crippen LogP contribution is 2.27. The highest BCUT2D eigenvalue weighted by Gasteiger charge is 2.52. The first kappa shape index (κ1) is 40.9. The highest BCUT2D eigenvalue weighted by molar-refractivity contribution is 6.42. The number of nitrogens with zero attached hydrogens (tertiary/aromatic N) is 1. The van der Waals surface area contributed by atoms with Crippen molar-refractivity contribution in [3.8, 4) is 5.75 Å². The Morgan fingerprint density at radius 2 is 1.55 bits per heavy atom. The van der Waals surface area contributed by atoms with E-state index in [9.17, 15) is 46.2 Å². The molecule has 1 aromatic heterocycles. The van der Waals surface area contributed by atoms with Gasteiger partial charge < -0.3 is 31.1 Å². The van der Waals surface area contributed by atoms with Gasteiger partial charge in [0.25, 0.3) is 11.8 Å². The van der Waals surface area contributed by atoms with Gasteiger partial charge in [0.05, 0.1) is 23.2 Å². The molecule has 276 valence electrons. The number of amides is 4. The largest absolute Gasteiger partial charge is 0.497 e. The predicted molar refractivity (Wildman–Crippen MR) is 176 cm³/mol. The van der Waals surface area contributed by atoms with Crippen LogP contribution in [0.15, 0.2) is 66.9 Å². The molecule has 0 aliphatic rings. The van der Waals surface area contributed by atoms with Gasteiger partial charge in [-0.2, -0.15) is 22.0 Å². The Hall–Kier alpha value is -4.54. The monoisotopic (exact) mass is 761 g/mol. The van der Waals surface area contributed by atoms with E-state index in [1.54, 1.807) is 18.2 Å². The number of ether oxygens (including phenoxy) is 1. The molecule has 0 saturated heterocycles. The van der Waals surface area contributed by atoms with Crippen molar-refractivity contribution in [3.63, 3.8) is 0 Å². The number of benzene rings is 2. The van der Waals surface area contributed by atoms with Crippen molar-refractivity contribution >= 4 is 46.8 Å². The van der Waals surface area contributed by atoms with Crippen molar-refractivity contribution in [2.75, 3.05) is 13.7 Å². The van der Waals surface area contributed by atoms with Crippen molar-refractivity contribution in [3.05, 3.63) is 93.7 Å². The number of aliphatic hydroxyl groups is 1. The molecule has 51 heavy (non-hydrogen) atoms. The maximum Gasteiger partial charge on any atom is 0.405 e. The highest BCUT2D eigenvalue weighted by atomic mass is 35.5. The number of aliphatic hydroxyl groups excluding tert-OH is 1. The van der Waals surface area contributed by atoms with E-state index in [2.05, 4.69) is 20.9 Å². The Morgan fingerprint density at radius 3 is 2.10 bits per heavy atom. The van der Waals surface area contributed by atoms with Gasteiger partial charge in [0.15, 0.2) is 0 Å². The number of hydrogen-bond acceptors (Lipinski definition) is 7. The summed E-state index contributed by atoms with van der Waals surface area (Å²) in [7, 11) is 1.37. The van der Waals surface area contributed by atoms with E-state index in [0.29, 0.717) is 11.3 Å². The Labute approximate surface area is 299 Å². The lowest BCUT2D eigenvalue weighted by Gasteiger charge is -2.33. The van der Waals surface area contributed by atoms with Gasteiger partial charge in [-0.3, -0.25) is 24.2 Å². The summed E-state index contributed by atoms with van der Waals surface area (Å²) in [6.45, 7) is 0.525. The fourth-order valence-electron chi connectivity index (χ4n) is 4.70. The number of hydrogen-bond donors (Lipinski definition) is 5. The molecule has 0 fully saturated rings. The second kappa shape index (κ2) is 17.6. The van der Waals surface area contributed by atoms with Gasteiger partial charge in [-0.1, -0.05) is 61.3 Å². The van der Waals surface area contributed by atoms with Crippen LogP contribution in [-0.4, -0.2) is 77.7 Å². The van der Waals surface area contributed by atoms with E-state index in [0.717, 1.165) is 5.32 Å². The molecule has 4 unspecified atom stereocenters. The van der Waals surface area contributed by atoms with Crippen LogP contribution in [0.4, 0.5) is 22.0 Å². The van der Waals surface area contributed by atoms with Crippen molar-refractivity contribution < 1.29 is 51.0 Å². The fourth-order valence-corrected chi connectivity index (χ4v) is 5.02. The summed E-state index contributed by atoms with van der Waals surface area (Å²) in [4.78, 5) is 56.8. The SMILES string of the molecule is COc1ccc(C(NC(=O)C(Cc2ccc(Cl)c(Cl)c2)NC(=O)c2ccccn2)C(=O)NC(C(C)C)C(O)C(F)(F)C(=O)NCC(F)(F)F)cc1. The molecule has 3 aromatic rings. The molecule has 1 heterocycles. The van der Waals surface area contributed by atoms with Crippen LogP contribution in [0, 0.1) is 5.92 Å². The van der Waals surface area contributed by atoms with Crippen LogP contribution in [0.3, 0.4) is 0 Å². The number of carbonyl (C=O) groups is 4. The Kier molecular flexibility index (Phi) is 14.1. The predicted octanol–water partition coefficient (Wildman–Crippen LogP) is 4.41. The smallest absolute Gasteiger partial charge is 0.405 e. The van der Waals surface area contributed by atoms with E-state index in [4.69, 9.17) is 27.9 Å². The normalized spacial score (nSPS) is 14.1. The number of aromatic nitrogens is 1. The third-order valence-corrected chi connectivity index (χ3v) is 8.17. The second-order valence-corrected chi connectivity index (χ2v) is 12.4. The Morgan fingerprint density at radius 1 is 0.882 bits per heavy atom. The van der Waals surface area contributed by atoms with Crippen molar-refractivity contribution in [1.82, 2.24) is 26.3 Å². The second-order valence-electron chi connectivity index (χ2n) is 11.6. The number of rotatable bonds is 15. The zero-order chi connectivity index (χ0) is 38.1. The average molecular weight is 763 g/mol. The van der Waals surface area contributed by atoms with Gasteiger partial charge in [0, 0.05) is 12.6 Å². The minimum atomic E-state index is -5.01. The lowest BCUT2D eigenvalue weighted by atomic mass is 9.92. The lowest BCUT2D eigenvalue weighted by molar-refractivity contribution is -0.175. The number of carbonyl (C=O) groups excluding carboxylic acids is 4. The molecule has 0 spiro atoms. The number of pyridine rings is 1. The van der Waals surface area contributed by atoms with Crippen LogP contribution < -0.4 is 26.0 Å². The summed E-state index contributed by atoms with van der Waals surface area (Å²) < 4.78 is 72.8. The summed E-state index contributed by atoms with van der Waals surface area (Å²) in [5, 5.41) is 19.2. The standard InChI is InChI=1S/C33H34Cl2F5N5O6/c1-17(2)25(27(46)33(39,40)31(50)42-16-32(36,37)38)44-30(49)26(19-8-10-20(51-3)11-9-19)45-29(48)24(15-18-7-12-21(34)22(35)14-18)43-28(47)23-6-4-5-13-41-23/h4-14,17,24-27,46H,15-16H2,1-3H3,(H,42,50)(H,43,47)(H,44,49)(H,45,48). The molecule has 5 N–H and O–H groups in total. The zero-order valence-electron chi connectivity index (χ0n) is 27.2. The summed E-state index contributed by atoms with van der Waals surface area (Å²) in [5.74, 6) is -10.7. The zero-order valence-corrected chi connectivity index (χ0v) is 28.7.